The fraction of sp³-hybridized carbons (Fsp3) is 0.375. The predicted octanol–water partition coefficient (Wildman–Crippen LogP) is 3.07. The van der Waals surface area contributed by atoms with E-state index in [9.17, 15) is 24.0 Å². The van der Waals surface area contributed by atoms with E-state index in [0.717, 1.165) is 11.1 Å². The Morgan fingerprint density at radius 3 is 2.50 bits per heavy atom. The highest BCUT2D eigenvalue weighted by molar-refractivity contribution is 7.11. The Labute approximate surface area is 258 Å². The number of carbonyl (C=O) groups is 5. The molecule has 0 bridgehead atoms. The van der Waals surface area contributed by atoms with E-state index in [4.69, 9.17) is 4.74 Å². The molecule has 2 aromatic carbocycles. The van der Waals surface area contributed by atoms with Gasteiger partial charge in [-0.3, -0.25) is 33.9 Å². The van der Waals surface area contributed by atoms with Crippen molar-refractivity contribution < 1.29 is 28.7 Å². The summed E-state index contributed by atoms with van der Waals surface area (Å²) in [7, 11) is 1.56. The van der Waals surface area contributed by atoms with Crippen LogP contribution in [0.4, 0.5) is 0 Å². The fourth-order valence-electron chi connectivity index (χ4n) is 6.24. The van der Waals surface area contributed by atoms with E-state index in [-0.39, 0.29) is 43.2 Å². The molecule has 1 aromatic heterocycles. The first-order chi connectivity index (χ1) is 21.4. The van der Waals surface area contributed by atoms with Gasteiger partial charge in [0.2, 0.25) is 11.8 Å². The van der Waals surface area contributed by atoms with Gasteiger partial charge in [-0.2, -0.15) is 0 Å². The Hall–Kier alpha value is -4.58. The Morgan fingerprint density at radius 2 is 1.80 bits per heavy atom. The van der Waals surface area contributed by atoms with Crippen molar-refractivity contribution >= 4 is 40.9 Å². The number of thiazole rings is 1. The van der Waals surface area contributed by atoms with Crippen LogP contribution in [0.1, 0.15) is 73.2 Å². The van der Waals surface area contributed by atoms with Gasteiger partial charge >= 0.3 is 0 Å². The first kappa shape index (κ1) is 29.5. The molecule has 3 aromatic rings. The van der Waals surface area contributed by atoms with Gasteiger partial charge in [0.1, 0.15) is 16.7 Å². The normalized spacial score (nSPS) is 19.2. The monoisotopic (exact) mass is 615 g/mol. The maximum Gasteiger partial charge on any atom is 0.265 e. The van der Waals surface area contributed by atoms with Crippen molar-refractivity contribution in [1.29, 1.82) is 0 Å². The predicted molar refractivity (Wildman–Crippen MR) is 161 cm³/mol. The highest BCUT2D eigenvalue weighted by atomic mass is 32.1. The second-order valence-electron chi connectivity index (χ2n) is 11.1. The van der Waals surface area contributed by atoms with E-state index in [2.05, 4.69) is 10.3 Å². The molecule has 5 amide bonds. The van der Waals surface area contributed by atoms with E-state index in [1.807, 2.05) is 18.2 Å². The van der Waals surface area contributed by atoms with E-state index in [1.165, 1.54) is 16.2 Å². The number of carbonyl (C=O) groups excluding carboxylic acids is 5. The molecular formula is C32H33N5O6S. The SMILES string of the molecule is CNC(=O)CCCC(=O)N1CCc2cccc(OC3CCN(C(=O)c4cncs4)C3)c2[C@H]1CN1C(=O)c2ccccc2C1=O. The molecule has 0 radical (unpaired) electrons. The Balaban J connectivity index is 1.27. The van der Waals surface area contributed by atoms with Gasteiger partial charge in [0.05, 0.1) is 42.0 Å². The molecule has 1 saturated heterocycles. The first-order valence-electron chi connectivity index (χ1n) is 14.8. The highest BCUT2D eigenvalue weighted by Crippen LogP contribution is 2.40. The third-order valence-electron chi connectivity index (χ3n) is 8.48. The lowest BCUT2D eigenvalue weighted by molar-refractivity contribution is -0.134. The average molecular weight is 616 g/mol. The van der Waals surface area contributed by atoms with Gasteiger partial charge in [-0.1, -0.05) is 24.3 Å². The van der Waals surface area contributed by atoms with Crippen molar-refractivity contribution in [3.05, 3.63) is 81.3 Å². The molecule has 0 aliphatic carbocycles. The molecule has 1 unspecified atom stereocenters. The molecule has 0 spiro atoms. The van der Waals surface area contributed by atoms with Crippen LogP contribution in [-0.2, 0) is 16.0 Å². The third-order valence-corrected chi connectivity index (χ3v) is 9.25. The van der Waals surface area contributed by atoms with E-state index >= 15 is 0 Å². The maximum atomic E-state index is 13.6. The summed E-state index contributed by atoms with van der Waals surface area (Å²) in [5.41, 5.74) is 4.07. The number of rotatable bonds is 9. The van der Waals surface area contributed by atoms with E-state index in [1.54, 1.807) is 52.8 Å². The van der Waals surface area contributed by atoms with Gasteiger partial charge in [-0.15, -0.1) is 11.3 Å². The van der Waals surface area contributed by atoms with Crippen LogP contribution in [0.3, 0.4) is 0 Å². The van der Waals surface area contributed by atoms with E-state index < -0.39 is 17.9 Å². The summed E-state index contributed by atoms with van der Waals surface area (Å²) in [5.74, 6) is -0.584. The van der Waals surface area contributed by atoms with Crippen molar-refractivity contribution in [3.63, 3.8) is 0 Å². The number of nitrogens with zero attached hydrogens (tertiary/aromatic N) is 4. The lowest BCUT2D eigenvalue weighted by Gasteiger charge is -2.40. The maximum absolute atomic E-state index is 13.6. The Kier molecular flexibility index (Phi) is 8.42. The minimum Gasteiger partial charge on any atom is -0.488 e. The lowest BCUT2D eigenvalue weighted by atomic mass is 9.90. The number of hydrogen-bond donors (Lipinski definition) is 1. The molecule has 1 N–H and O–H groups in total. The topological polar surface area (TPSA) is 129 Å². The van der Waals surface area contributed by atoms with Crippen LogP contribution in [0.15, 0.2) is 54.2 Å². The zero-order valence-corrected chi connectivity index (χ0v) is 25.2. The molecule has 6 rings (SSSR count). The number of nitrogens with one attached hydrogen (secondary N) is 1. The number of aromatic nitrogens is 1. The lowest BCUT2D eigenvalue weighted by Crippen LogP contribution is -2.46. The van der Waals surface area contributed by atoms with Crippen molar-refractivity contribution in [2.75, 3.05) is 33.2 Å². The van der Waals surface area contributed by atoms with Crippen LogP contribution in [-0.4, -0.2) is 88.6 Å². The highest BCUT2D eigenvalue weighted by Gasteiger charge is 2.42. The van der Waals surface area contributed by atoms with Gasteiger partial charge in [-0.25, -0.2) is 0 Å². The van der Waals surface area contributed by atoms with Crippen LogP contribution in [0.25, 0.3) is 0 Å². The molecule has 4 heterocycles. The molecule has 1 fully saturated rings. The van der Waals surface area contributed by atoms with Crippen LogP contribution in [0.5, 0.6) is 5.75 Å². The smallest absolute Gasteiger partial charge is 0.265 e. The number of ether oxygens (including phenoxy) is 1. The van der Waals surface area contributed by atoms with Crippen LogP contribution >= 0.6 is 11.3 Å². The van der Waals surface area contributed by atoms with Crippen molar-refractivity contribution in [3.8, 4) is 5.75 Å². The van der Waals surface area contributed by atoms with Gasteiger partial charge in [0, 0.05) is 45.0 Å². The van der Waals surface area contributed by atoms with Gasteiger partial charge in [-0.05, 0) is 36.6 Å². The van der Waals surface area contributed by atoms with Crippen molar-refractivity contribution in [1.82, 2.24) is 25.0 Å². The summed E-state index contributed by atoms with van der Waals surface area (Å²) in [4.78, 5) is 74.4. The van der Waals surface area contributed by atoms with Gasteiger partial charge in [0.15, 0.2) is 0 Å². The van der Waals surface area contributed by atoms with Crippen molar-refractivity contribution in [2.24, 2.45) is 0 Å². The summed E-state index contributed by atoms with van der Waals surface area (Å²) < 4.78 is 6.55. The molecule has 44 heavy (non-hydrogen) atoms. The van der Waals surface area contributed by atoms with Gasteiger partial charge in [0.25, 0.3) is 17.7 Å². The summed E-state index contributed by atoms with van der Waals surface area (Å²) in [5, 5.41) is 2.58. The number of likely N-dealkylation sites (tertiary alicyclic amines) is 1. The Bertz CT molecular complexity index is 1570. The largest absolute Gasteiger partial charge is 0.488 e. The number of amides is 5. The molecular weight excluding hydrogens is 582 g/mol. The standard InChI is InChI=1S/C32H33N5O6S/c1-33-27(38)10-5-11-28(39)36-15-12-20-6-4-9-25(43-21-13-14-35(17-21)32(42)26-16-34-19-44-26)29(20)24(36)18-37-30(40)22-7-2-3-8-23(22)31(37)41/h2-4,6-9,16,19,21,24H,5,10-15,17-18H2,1H3,(H,33,38)/t21?,24-/m1/s1. The molecule has 0 saturated carbocycles. The number of imide groups is 1. The zero-order valence-electron chi connectivity index (χ0n) is 24.4. The third kappa shape index (κ3) is 5.69. The first-order valence-corrected chi connectivity index (χ1v) is 15.6. The minimum atomic E-state index is -0.638. The van der Waals surface area contributed by atoms with Crippen LogP contribution in [0.2, 0.25) is 0 Å². The fourth-order valence-corrected chi connectivity index (χ4v) is 6.83. The summed E-state index contributed by atoms with van der Waals surface area (Å²) in [6, 6.07) is 11.8. The molecule has 228 valence electrons. The summed E-state index contributed by atoms with van der Waals surface area (Å²) in [6.07, 6.45) is 3.28. The number of hydrogen-bond acceptors (Lipinski definition) is 8. The number of fused-ring (bicyclic) bond motifs is 2. The molecule has 11 nitrogen and oxygen atoms in total. The Morgan fingerprint density at radius 1 is 1.02 bits per heavy atom. The van der Waals surface area contributed by atoms with Crippen LogP contribution < -0.4 is 10.1 Å². The van der Waals surface area contributed by atoms with Gasteiger partial charge < -0.3 is 19.9 Å². The van der Waals surface area contributed by atoms with Crippen LogP contribution in [0, 0.1) is 0 Å². The minimum absolute atomic E-state index is 0.0262. The van der Waals surface area contributed by atoms with E-state index in [0.29, 0.717) is 60.7 Å². The average Bonchev–Trinajstić information content (AvgIpc) is 3.79. The number of benzene rings is 2. The zero-order chi connectivity index (χ0) is 30.8. The second kappa shape index (κ2) is 12.6. The summed E-state index contributed by atoms with van der Waals surface area (Å²) >= 11 is 1.30. The molecule has 2 atom stereocenters. The van der Waals surface area contributed by atoms with Crippen molar-refractivity contribution in [2.45, 2.75) is 44.2 Å². The second-order valence-corrected chi connectivity index (χ2v) is 12.0. The molecule has 3 aliphatic rings. The summed E-state index contributed by atoms with van der Waals surface area (Å²) in [6.45, 7) is 1.33. The molecule has 12 heteroatoms. The molecule has 3 aliphatic heterocycles. The quantitative estimate of drug-likeness (QED) is 0.367.